The van der Waals surface area contributed by atoms with Crippen molar-refractivity contribution in [3.05, 3.63) is 35.6 Å². The van der Waals surface area contributed by atoms with Crippen molar-refractivity contribution >= 4 is 11.8 Å². The Bertz CT molecular complexity index is 516. The van der Waals surface area contributed by atoms with Crippen molar-refractivity contribution in [2.45, 2.75) is 6.42 Å². The van der Waals surface area contributed by atoms with Gasteiger partial charge in [-0.25, -0.2) is 4.39 Å². The van der Waals surface area contributed by atoms with E-state index in [-0.39, 0.29) is 5.82 Å². The van der Waals surface area contributed by atoms with E-state index in [0.29, 0.717) is 39.3 Å². The number of nitrogens with one attached hydrogen (secondary N) is 2. The number of rotatable bonds is 6. The Morgan fingerprint density at radius 2 is 1.65 bits per heavy atom. The molecule has 23 heavy (non-hydrogen) atoms. The molecule has 1 aromatic carbocycles. The highest BCUT2D eigenvalue weighted by molar-refractivity contribution is 6.35. The van der Waals surface area contributed by atoms with E-state index in [2.05, 4.69) is 15.5 Å². The van der Waals surface area contributed by atoms with Crippen LogP contribution in [0.3, 0.4) is 0 Å². The highest BCUT2D eigenvalue weighted by Crippen LogP contribution is 2.02. The summed E-state index contributed by atoms with van der Waals surface area (Å²) in [6, 6.07) is 6.05. The molecule has 0 unspecified atom stereocenters. The minimum absolute atomic E-state index is 0.294. The van der Waals surface area contributed by atoms with Crippen LogP contribution in [0.2, 0.25) is 0 Å². The van der Waals surface area contributed by atoms with Gasteiger partial charge in [0.2, 0.25) is 0 Å². The maximum Gasteiger partial charge on any atom is 0.309 e. The molecule has 0 bridgehead atoms. The molecule has 2 rings (SSSR count). The maximum absolute atomic E-state index is 12.8. The maximum atomic E-state index is 12.8. The van der Waals surface area contributed by atoms with Crippen LogP contribution in [0.4, 0.5) is 4.39 Å². The molecule has 0 atom stereocenters. The van der Waals surface area contributed by atoms with Crippen LogP contribution in [-0.2, 0) is 20.7 Å². The van der Waals surface area contributed by atoms with Gasteiger partial charge < -0.3 is 15.4 Å². The van der Waals surface area contributed by atoms with E-state index >= 15 is 0 Å². The number of hydrogen-bond acceptors (Lipinski definition) is 4. The first kappa shape index (κ1) is 17.4. The van der Waals surface area contributed by atoms with E-state index in [9.17, 15) is 14.0 Å². The number of amides is 2. The molecule has 1 aromatic rings. The van der Waals surface area contributed by atoms with E-state index in [1.807, 2.05) is 0 Å². The lowest BCUT2D eigenvalue weighted by Gasteiger charge is -2.26. The monoisotopic (exact) mass is 323 g/mol. The van der Waals surface area contributed by atoms with E-state index in [0.717, 1.165) is 18.7 Å². The Morgan fingerprint density at radius 3 is 2.30 bits per heavy atom. The number of carbonyl (C=O) groups excluding carboxylic acids is 2. The quantitative estimate of drug-likeness (QED) is 0.719. The van der Waals surface area contributed by atoms with Gasteiger partial charge >= 0.3 is 11.8 Å². The number of nitrogens with zero attached hydrogens (tertiary/aromatic N) is 1. The summed E-state index contributed by atoms with van der Waals surface area (Å²) in [6.07, 6.45) is 0.549. The fourth-order valence-corrected chi connectivity index (χ4v) is 2.28. The van der Waals surface area contributed by atoms with Crippen molar-refractivity contribution in [1.82, 2.24) is 15.5 Å². The van der Waals surface area contributed by atoms with Gasteiger partial charge in [-0.15, -0.1) is 0 Å². The lowest BCUT2D eigenvalue weighted by molar-refractivity contribution is -0.139. The molecule has 1 heterocycles. The molecule has 6 nitrogen and oxygen atoms in total. The normalized spacial score (nSPS) is 15.2. The molecule has 0 aliphatic carbocycles. The van der Waals surface area contributed by atoms with Crippen molar-refractivity contribution in [2.75, 3.05) is 45.9 Å². The van der Waals surface area contributed by atoms with Gasteiger partial charge in [-0.1, -0.05) is 12.1 Å². The molecule has 1 aliphatic rings. The van der Waals surface area contributed by atoms with Crippen molar-refractivity contribution in [3.8, 4) is 0 Å². The lowest BCUT2D eigenvalue weighted by Crippen LogP contribution is -2.45. The first-order valence-electron chi connectivity index (χ1n) is 7.76. The summed E-state index contributed by atoms with van der Waals surface area (Å²) in [4.78, 5) is 25.5. The predicted molar refractivity (Wildman–Crippen MR) is 83.4 cm³/mol. The molecular formula is C16H22FN3O3. The summed E-state index contributed by atoms with van der Waals surface area (Å²) in [7, 11) is 0. The van der Waals surface area contributed by atoms with Crippen LogP contribution in [0.15, 0.2) is 24.3 Å². The Balaban J connectivity index is 1.58. The van der Waals surface area contributed by atoms with Gasteiger partial charge in [0.1, 0.15) is 5.82 Å². The summed E-state index contributed by atoms with van der Waals surface area (Å²) in [5.74, 6) is -1.57. The van der Waals surface area contributed by atoms with Gasteiger partial charge in [-0.05, 0) is 24.1 Å². The van der Waals surface area contributed by atoms with Crippen LogP contribution in [0, 0.1) is 5.82 Å². The van der Waals surface area contributed by atoms with Crippen molar-refractivity contribution in [3.63, 3.8) is 0 Å². The summed E-state index contributed by atoms with van der Waals surface area (Å²) in [5, 5.41) is 5.16. The zero-order chi connectivity index (χ0) is 16.5. The number of ether oxygens (including phenoxy) is 1. The summed E-state index contributed by atoms with van der Waals surface area (Å²) < 4.78 is 18.0. The first-order chi connectivity index (χ1) is 11.1. The fraction of sp³-hybridized carbons (Fsp3) is 0.500. The molecule has 7 heteroatoms. The third-order valence-electron chi connectivity index (χ3n) is 3.64. The summed E-state index contributed by atoms with van der Waals surface area (Å²) in [6.45, 7) is 4.58. The van der Waals surface area contributed by atoms with Gasteiger partial charge in [0.25, 0.3) is 0 Å². The van der Waals surface area contributed by atoms with E-state index < -0.39 is 11.8 Å². The van der Waals surface area contributed by atoms with Crippen LogP contribution >= 0.6 is 0 Å². The van der Waals surface area contributed by atoms with Gasteiger partial charge in [-0.2, -0.15) is 0 Å². The van der Waals surface area contributed by atoms with E-state index in [1.165, 1.54) is 12.1 Å². The minimum atomic E-state index is -0.644. The number of carbonyl (C=O) groups is 2. The first-order valence-corrected chi connectivity index (χ1v) is 7.76. The van der Waals surface area contributed by atoms with Gasteiger partial charge in [0.15, 0.2) is 0 Å². The SMILES string of the molecule is O=C(NCCc1ccc(F)cc1)C(=O)NCCN1CCOCC1. The standard InChI is InChI=1S/C16H22FN3O3/c17-14-3-1-13(2-4-14)5-6-18-15(21)16(22)19-7-8-20-9-11-23-12-10-20/h1-4H,5-12H2,(H,18,21)(H,19,22). The highest BCUT2D eigenvalue weighted by Gasteiger charge is 2.14. The zero-order valence-electron chi connectivity index (χ0n) is 13.0. The van der Waals surface area contributed by atoms with Crippen LogP contribution in [0.5, 0.6) is 0 Å². The number of hydrogen-bond donors (Lipinski definition) is 2. The van der Waals surface area contributed by atoms with Crippen LogP contribution in [0.25, 0.3) is 0 Å². The Morgan fingerprint density at radius 1 is 1.04 bits per heavy atom. The van der Waals surface area contributed by atoms with E-state index in [4.69, 9.17) is 4.74 Å². The third-order valence-corrected chi connectivity index (χ3v) is 3.64. The van der Waals surface area contributed by atoms with E-state index in [1.54, 1.807) is 12.1 Å². The van der Waals surface area contributed by atoms with Crippen molar-refractivity contribution < 1.29 is 18.7 Å². The van der Waals surface area contributed by atoms with Gasteiger partial charge in [-0.3, -0.25) is 14.5 Å². The van der Waals surface area contributed by atoms with Crippen molar-refractivity contribution in [1.29, 1.82) is 0 Å². The van der Waals surface area contributed by atoms with Crippen LogP contribution in [0.1, 0.15) is 5.56 Å². The minimum Gasteiger partial charge on any atom is -0.379 e. The summed E-state index contributed by atoms with van der Waals surface area (Å²) in [5.41, 5.74) is 0.902. The number of benzene rings is 1. The second-order valence-corrected chi connectivity index (χ2v) is 5.34. The molecule has 0 saturated carbocycles. The third kappa shape index (κ3) is 6.33. The summed E-state index contributed by atoms with van der Waals surface area (Å²) >= 11 is 0. The molecule has 0 radical (unpaired) electrons. The van der Waals surface area contributed by atoms with Crippen LogP contribution in [-0.4, -0.2) is 62.7 Å². The van der Waals surface area contributed by atoms with Gasteiger partial charge in [0.05, 0.1) is 13.2 Å². The van der Waals surface area contributed by atoms with Crippen molar-refractivity contribution in [2.24, 2.45) is 0 Å². The molecule has 1 aliphatic heterocycles. The number of halogens is 1. The Hall–Kier alpha value is -1.99. The smallest absolute Gasteiger partial charge is 0.309 e. The molecule has 1 fully saturated rings. The molecule has 2 amide bonds. The molecule has 2 N–H and O–H groups in total. The zero-order valence-corrected chi connectivity index (χ0v) is 13.0. The average molecular weight is 323 g/mol. The molecular weight excluding hydrogens is 301 g/mol. The van der Waals surface area contributed by atoms with Crippen LogP contribution < -0.4 is 10.6 Å². The molecule has 126 valence electrons. The second kappa shape index (κ2) is 9.22. The highest BCUT2D eigenvalue weighted by atomic mass is 19.1. The lowest BCUT2D eigenvalue weighted by atomic mass is 10.1. The largest absolute Gasteiger partial charge is 0.379 e. The Kier molecular flexibility index (Phi) is 6.96. The fourth-order valence-electron chi connectivity index (χ4n) is 2.28. The topological polar surface area (TPSA) is 70.7 Å². The molecule has 0 spiro atoms. The molecule has 1 saturated heterocycles. The number of morpholine rings is 1. The Labute approximate surface area is 135 Å². The van der Waals surface area contributed by atoms with Gasteiger partial charge in [0, 0.05) is 32.7 Å². The average Bonchev–Trinajstić information content (AvgIpc) is 2.57. The predicted octanol–water partition coefficient (Wildman–Crippen LogP) is -0.0672. The second-order valence-electron chi connectivity index (χ2n) is 5.34. The molecule has 0 aromatic heterocycles.